The number of carbonyl (C=O) groups is 2. The monoisotopic (exact) mass is 180 g/mol. The molecule has 2 fully saturated rings. The van der Waals surface area contributed by atoms with Gasteiger partial charge in [0.1, 0.15) is 11.8 Å². The predicted molar refractivity (Wildman–Crippen MR) is 40.5 cm³/mol. The molecule has 0 N–H and O–H groups in total. The van der Waals surface area contributed by atoms with Crippen LogP contribution in [0.5, 0.6) is 0 Å². The van der Waals surface area contributed by atoms with Crippen molar-refractivity contribution in [3.05, 3.63) is 12.2 Å². The number of rotatable bonds is 0. The lowest BCUT2D eigenvalue weighted by Crippen LogP contribution is -2.34. The van der Waals surface area contributed by atoms with Gasteiger partial charge in [-0.25, -0.2) is 0 Å². The first-order valence-electron chi connectivity index (χ1n) is 4.24. The Balaban J connectivity index is 2.13. The molecule has 0 aromatic carbocycles. The van der Waals surface area contributed by atoms with Crippen LogP contribution in [0.25, 0.3) is 0 Å². The molecule has 2 bridgehead atoms. The summed E-state index contributed by atoms with van der Waals surface area (Å²) in [5.74, 6) is -1.70. The van der Waals surface area contributed by atoms with Crippen LogP contribution in [0.3, 0.4) is 0 Å². The maximum atomic E-state index is 11.3. The Hall–Kier alpha value is -1.16. The van der Waals surface area contributed by atoms with E-state index in [-0.39, 0.29) is 6.10 Å². The van der Waals surface area contributed by atoms with Crippen LogP contribution in [0.1, 0.15) is 6.92 Å². The topological polar surface area (TPSA) is 52.6 Å². The Morgan fingerprint density at radius 2 is 2.15 bits per heavy atom. The Bertz CT molecular complexity index is 346. The van der Waals surface area contributed by atoms with Gasteiger partial charge in [0.2, 0.25) is 0 Å². The van der Waals surface area contributed by atoms with Crippen LogP contribution in [0.15, 0.2) is 12.2 Å². The van der Waals surface area contributed by atoms with Gasteiger partial charge in [-0.15, -0.1) is 0 Å². The van der Waals surface area contributed by atoms with Crippen molar-refractivity contribution in [2.75, 3.05) is 0 Å². The number of esters is 2. The van der Waals surface area contributed by atoms with Crippen LogP contribution in [-0.2, 0) is 19.1 Å². The predicted octanol–water partition coefficient (Wildman–Crippen LogP) is 0.0295. The van der Waals surface area contributed by atoms with E-state index in [0.29, 0.717) is 0 Å². The third-order valence-corrected chi connectivity index (χ3v) is 3.06. The minimum atomic E-state index is -0.613. The van der Waals surface area contributed by atoms with Crippen molar-refractivity contribution in [1.29, 1.82) is 0 Å². The van der Waals surface area contributed by atoms with Crippen LogP contribution >= 0.6 is 0 Å². The molecule has 4 atom stereocenters. The number of fused-ring (bicyclic) bond motifs is 5. The molecule has 0 spiro atoms. The fourth-order valence-corrected chi connectivity index (χ4v) is 2.46. The summed E-state index contributed by atoms with van der Waals surface area (Å²) in [4.78, 5) is 22.5. The van der Waals surface area contributed by atoms with E-state index in [0.717, 1.165) is 0 Å². The van der Waals surface area contributed by atoms with Crippen molar-refractivity contribution in [3.8, 4) is 0 Å². The highest BCUT2D eigenvalue weighted by Crippen LogP contribution is 2.50. The van der Waals surface area contributed by atoms with Gasteiger partial charge >= 0.3 is 11.9 Å². The highest BCUT2D eigenvalue weighted by Gasteiger charge is 2.64. The van der Waals surface area contributed by atoms with E-state index in [1.165, 1.54) is 0 Å². The lowest BCUT2D eigenvalue weighted by atomic mass is 9.78. The number of hydrogen-bond acceptors (Lipinski definition) is 4. The van der Waals surface area contributed by atoms with Gasteiger partial charge in [0.05, 0.1) is 11.7 Å². The van der Waals surface area contributed by atoms with Gasteiger partial charge in [0.25, 0.3) is 0 Å². The fraction of sp³-hybridized carbons (Fsp3) is 0.556. The summed E-state index contributed by atoms with van der Waals surface area (Å²) in [5.41, 5.74) is -0.613. The van der Waals surface area contributed by atoms with Gasteiger partial charge < -0.3 is 9.47 Å². The molecule has 0 aromatic heterocycles. The minimum Gasteiger partial charge on any atom is -0.393 e. The smallest absolute Gasteiger partial charge is 0.320 e. The summed E-state index contributed by atoms with van der Waals surface area (Å²) in [6.45, 7) is 1.81. The van der Waals surface area contributed by atoms with Crippen LogP contribution < -0.4 is 0 Å². The third-order valence-electron chi connectivity index (χ3n) is 3.06. The Morgan fingerprint density at radius 3 is 2.85 bits per heavy atom. The van der Waals surface area contributed by atoms with E-state index in [1.807, 2.05) is 19.1 Å². The molecule has 2 saturated heterocycles. The second-order valence-corrected chi connectivity index (χ2v) is 3.87. The summed E-state index contributed by atoms with van der Waals surface area (Å²) < 4.78 is 10.1. The van der Waals surface area contributed by atoms with Gasteiger partial charge in [0.15, 0.2) is 0 Å². The zero-order chi connectivity index (χ0) is 9.22. The lowest BCUT2D eigenvalue weighted by Gasteiger charge is -2.20. The summed E-state index contributed by atoms with van der Waals surface area (Å²) in [6, 6.07) is 0. The number of carbonyl (C=O) groups excluding carboxylic acids is 2. The first-order valence-corrected chi connectivity index (χ1v) is 4.24. The zero-order valence-corrected chi connectivity index (χ0v) is 7.02. The number of cyclic esters (lactones) is 2. The van der Waals surface area contributed by atoms with Crippen LogP contribution in [0, 0.1) is 11.8 Å². The first-order chi connectivity index (χ1) is 6.12. The lowest BCUT2D eigenvalue weighted by molar-refractivity contribution is -0.157. The fourth-order valence-electron chi connectivity index (χ4n) is 2.46. The van der Waals surface area contributed by atoms with Crippen molar-refractivity contribution in [2.24, 2.45) is 11.8 Å². The summed E-state index contributed by atoms with van der Waals surface area (Å²) >= 11 is 0. The van der Waals surface area contributed by atoms with Crippen LogP contribution in [0.2, 0.25) is 0 Å². The normalized spacial score (nSPS) is 51.3. The molecule has 0 saturated carbocycles. The molecule has 3 heterocycles. The second kappa shape index (κ2) is 1.85. The molecule has 0 radical (unpaired) electrons. The molecule has 0 amide bonds. The molecule has 0 aliphatic carbocycles. The molecular weight excluding hydrogens is 172 g/mol. The maximum absolute atomic E-state index is 11.3. The first kappa shape index (κ1) is 7.26. The van der Waals surface area contributed by atoms with E-state index >= 15 is 0 Å². The Morgan fingerprint density at radius 1 is 1.38 bits per heavy atom. The Labute approximate surface area is 74.5 Å². The Kier molecular flexibility index (Phi) is 1.03. The maximum Gasteiger partial charge on any atom is 0.320 e. The quantitative estimate of drug-likeness (QED) is 0.300. The molecule has 3 aliphatic rings. The molecule has 0 unspecified atom stereocenters. The van der Waals surface area contributed by atoms with Gasteiger partial charge in [-0.05, 0) is 6.92 Å². The van der Waals surface area contributed by atoms with E-state index in [9.17, 15) is 9.59 Å². The van der Waals surface area contributed by atoms with Gasteiger partial charge in [-0.1, -0.05) is 12.2 Å². The molecule has 0 aromatic rings. The number of ether oxygens (including phenoxy) is 2. The second-order valence-electron chi connectivity index (χ2n) is 3.87. The standard InChI is InChI=1S/C9H8O4/c1-9-3-2-4(13-9)5-6(9)8(11)12-7(5)10/h2-6H,1H3/t4-,5+,6+,9-/m0/s1. The SMILES string of the molecule is C[C@@]12C=C[C@H](O1)[C@H]1C(=O)OC(=O)[C@@H]12. The molecule has 3 rings (SSSR count). The van der Waals surface area contributed by atoms with E-state index in [2.05, 4.69) is 4.74 Å². The average Bonchev–Trinajstić information content (AvgIpc) is 2.62. The minimum absolute atomic E-state index is 0.256. The van der Waals surface area contributed by atoms with E-state index in [4.69, 9.17) is 4.74 Å². The highest BCUT2D eigenvalue weighted by molar-refractivity contribution is 5.99. The van der Waals surface area contributed by atoms with Crippen molar-refractivity contribution in [1.82, 2.24) is 0 Å². The average molecular weight is 180 g/mol. The summed E-state index contributed by atoms with van der Waals surface area (Å²) in [5, 5.41) is 0. The van der Waals surface area contributed by atoms with Crippen molar-refractivity contribution in [2.45, 2.75) is 18.6 Å². The van der Waals surface area contributed by atoms with Crippen LogP contribution in [0.4, 0.5) is 0 Å². The number of hydrogen-bond donors (Lipinski definition) is 0. The van der Waals surface area contributed by atoms with Gasteiger partial charge in [-0.2, -0.15) is 0 Å². The zero-order valence-electron chi connectivity index (χ0n) is 7.02. The van der Waals surface area contributed by atoms with Gasteiger partial charge in [-0.3, -0.25) is 9.59 Å². The van der Waals surface area contributed by atoms with Crippen molar-refractivity contribution < 1.29 is 19.1 Å². The molecule has 4 heteroatoms. The summed E-state index contributed by atoms with van der Waals surface area (Å²) in [7, 11) is 0. The summed E-state index contributed by atoms with van der Waals surface area (Å²) in [6.07, 6.45) is 3.42. The van der Waals surface area contributed by atoms with E-state index in [1.54, 1.807) is 0 Å². The van der Waals surface area contributed by atoms with Crippen molar-refractivity contribution in [3.63, 3.8) is 0 Å². The molecular formula is C9H8O4. The van der Waals surface area contributed by atoms with Crippen molar-refractivity contribution >= 4 is 11.9 Å². The third kappa shape index (κ3) is 0.659. The largest absolute Gasteiger partial charge is 0.393 e. The molecule has 3 aliphatic heterocycles. The van der Waals surface area contributed by atoms with Crippen LogP contribution in [-0.4, -0.2) is 23.6 Å². The molecule has 13 heavy (non-hydrogen) atoms. The molecule has 4 nitrogen and oxygen atoms in total. The van der Waals surface area contributed by atoms with E-state index < -0.39 is 29.4 Å². The highest BCUT2D eigenvalue weighted by atomic mass is 16.6. The van der Waals surface area contributed by atoms with Gasteiger partial charge in [0, 0.05) is 0 Å². The molecule has 68 valence electrons.